The minimum absolute atomic E-state index is 0.104. The summed E-state index contributed by atoms with van der Waals surface area (Å²) in [6.07, 6.45) is 0. The Hall–Kier alpha value is -3.15. The number of nitrogens with two attached hydrogens (primary N) is 1. The molecule has 1 aliphatic heterocycles. The highest BCUT2D eigenvalue weighted by Crippen LogP contribution is 2.30. The molecule has 0 bridgehead atoms. The van der Waals surface area contributed by atoms with Gasteiger partial charge in [0, 0.05) is 24.1 Å². The Bertz CT molecular complexity index is 951. The highest BCUT2D eigenvalue weighted by atomic mass is 19.1. The predicted molar refractivity (Wildman–Crippen MR) is 99.7 cm³/mol. The molecule has 1 aliphatic rings. The van der Waals surface area contributed by atoms with Crippen molar-refractivity contribution in [2.45, 2.75) is 12.8 Å². The van der Waals surface area contributed by atoms with Crippen LogP contribution in [0.4, 0.5) is 10.3 Å². The van der Waals surface area contributed by atoms with Gasteiger partial charge < -0.3 is 10.3 Å². The zero-order valence-corrected chi connectivity index (χ0v) is 14.4. The molecule has 0 spiro atoms. The van der Waals surface area contributed by atoms with Gasteiger partial charge in [-0.1, -0.05) is 54.5 Å². The van der Waals surface area contributed by atoms with Gasteiger partial charge in [-0.15, -0.1) is 0 Å². The molecule has 0 aliphatic carbocycles. The summed E-state index contributed by atoms with van der Waals surface area (Å²) in [5, 5.41) is 4.13. The van der Waals surface area contributed by atoms with E-state index in [1.807, 2.05) is 55.5 Å². The summed E-state index contributed by atoms with van der Waals surface area (Å²) in [4.78, 5) is 5.92. The van der Waals surface area contributed by atoms with Crippen molar-refractivity contribution in [3.05, 3.63) is 71.7 Å². The number of anilines is 1. The van der Waals surface area contributed by atoms with Gasteiger partial charge in [0.2, 0.25) is 5.88 Å². The molecule has 132 valence electrons. The summed E-state index contributed by atoms with van der Waals surface area (Å²) >= 11 is 0. The van der Waals surface area contributed by atoms with Gasteiger partial charge >= 0.3 is 0 Å². The summed E-state index contributed by atoms with van der Waals surface area (Å²) in [5.41, 5.74) is 8.85. The Morgan fingerprint density at radius 3 is 2.65 bits per heavy atom. The zero-order valence-electron chi connectivity index (χ0n) is 14.4. The van der Waals surface area contributed by atoms with E-state index in [2.05, 4.69) is 10.1 Å². The van der Waals surface area contributed by atoms with E-state index >= 15 is 0 Å². The molecule has 26 heavy (non-hydrogen) atoms. The quantitative estimate of drug-likeness (QED) is 0.778. The van der Waals surface area contributed by atoms with Gasteiger partial charge in [0.05, 0.1) is 12.2 Å². The van der Waals surface area contributed by atoms with Gasteiger partial charge in [-0.3, -0.25) is 9.89 Å². The fourth-order valence-electron chi connectivity index (χ4n) is 3.12. The topological polar surface area (TPSA) is 67.7 Å². The number of nitrogens with zero attached hydrogens (tertiary/aromatic N) is 3. The van der Waals surface area contributed by atoms with Crippen LogP contribution >= 0.6 is 0 Å². The van der Waals surface area contributed by atoms with Crippen LogP contribution in [0.3, 0.4) is 0 Å². The second kappa shape index (κ2) is 6.63. The molecular formula is C20H19FN4O. The van der Waals surface area contributed by atoms with Crippen molar-refractivity contribution >= 4 is 11.8 Å². The lowest BCUT2D eigenvalue weighted by Gasteiger charge is -2.12. The molecular weight excluding hydrogens is 331 g/mol. The van der Waals surface area contributed by atoms with E-state index in [-0.39, 0.29) is 11.7 Å². The highest BCUT2D eigenvalue weighted by molar-refractivity contribution is 5.95. The maximum Gasteiger partial charge on any atom is 0.234 e. The number of halogens is 1. The maximum atomic E-state index is 14.6. The van der Waals surface area contributed by atoms with Crippen molar-refractivity contribution < 1.29 is 8.91 Å². The molecule has 1 atom stereocenters. The lowest BCUT2D eigenvalue weighted by atomic mass is 9.95. The molecule has 5 nitrogen and oxygen atoms in total. The van der Waals surface area contributed by atoms with E-state index in [0.717, 1.165) is 16.8 Å². The van der Waals surface area contributed by atoms with Crippen LogP contribution in [0.5, 0.6) is 0 Å². The number of guanidine groups is 1. The van der Waals surface area contributed by atoms with Crippen molar-refractivity contribution in [1.82, 2.24) is 5.16 Å². The minimum Gasteiger partial charge on any atom is -0.369 e. The van der Waals surface area contributed by atoms with E-state index in [9.17, 15) is 4.39 Å². The van der Waals surface area contributed by atoms with Crippen molar-refractivity contribution in [3.8, 4) is 11.1 Å². The van der Waals surface area contributed by atoms with E-state index in [1.54, 1.807) is 11.0 Å². The fraction of sp³-hybridized carbons (Fsp3) is 0.200. The van der Waals surface area contributed by atoms with Gasteiger partial charge in [0.1, 0.15) is 5.82 Å². The average molecular weight is 350 g/mol. The van der Waals surface area contributed by atoms with E-state index in [4.69, 9.17) is 10.3 Å². The molecule has 6 heteroatoms. The van der Waals surface area contributed by atoms with Crippen LogP contribution in [0.25, 0.3) is 11.1 Å². The smallest absolute Gasteiger partial charge is 0.234 e. The Balaban J connectivity index is 1.59. The summed E-state index contributed by atoms with van der Waals surface area (Å²) in [6, 6.07) is 16.6. The fourth-order valence-corrected chi connectivity index (χ4v) is 3.12. The summed E-state index contributed by atoms with van der Waals surface area (Å²) < 4.78 is 20.0. The Labute approximate surface area is 150 Å². The van der Waals surface area contributed by atoms with Crippen molar-refractivity contribution in [2.75, 3.05) is 18.0 Å². The first-order valence-corrected chi connectivity index (χ1v) is 8.52. The van der Waals surface area contributed by atoms with Crippen molar-refractivity contribution in [3.63, 3.8) is 0 Å². The van der Waals surface area contributed by atoms with Gasteiger partial charge in [-0.2, -0.15) is 0 Å². The molecule has 0 saturated carbocycles. The first kappa shape index (κ1) is 16.3. The summed E-state index contributed by atoms with van der Waals surface area (Å²) in [5.74, 6) is 0.637. The van der Waals surface area contributed by atoms with Crippen molar-refractivity contribution in [2.24, 2.45) is 10.7 Å². The van der Waals surface area contributed by atoms with Gasteiger partial charge in [0.25, 0.3) is 0 Å². The lowest BCUT2D eigenvalue weighted by Crippen LogP contribution is -2.33. The number of rotatable bonds is 4. The standard InChI is InChI=1S/C20H19FN4O/c1-13(18-12-19(26-24-18)25-10-9-23-20(25)22)15-7-8-16(17(21)11-15)14-5-3-2-4-6-14/h2-8,11-13H,9-10H2,1H3,(H2,22,23). The van der Waals surface area contributed by atoms with Crippen LogP contribution < -0.4 is 10.6 Å². The zero-order chi connectivity index (χ0) is 18.1. The van der Waals surface area contributed by atoms with Crippen LogP contribution in [0, 0.1) is 5.82 Å². The Kier molecular flexibility index (Phi) is 4.16. The van der Waals surface area contributed by atoms with E-state index < -0.39 is 0 Å². The molecule has 1 unspecified atom stereocenters. The minimum atomic E-state index is -0.250. The van der Waals surface area contributed by atoms with Gasteiger partial charge in [0.15, 0.2) is 5.96 Å². The van der Waals surface area contributed by atoms with Crippen LogP contribution in [0.15, 0.2) is 64.1 Å². The monoisotopic (exact) mass is 350 g/mol. The van der Waals surface area contributed by atoms with Crippen LogP contribution in [0.1, 0.15) is 24.1 Å². The first-order chi connectivity index (χ1) is 12.6. The Morgan fingerprint density at radius 2 is 1.96 bits per heavy atom. The molecule has 0 radical (unpaired) electrons. The summed E-state index contributed by atoms with van der Waals surface area (Å²) in [6.45, 7) is 3.29. The van der Waals surface area contributed by atoms with Crippen LogP contribution in [0.2, 0.25) is 0 Å². The number of hydrogen-bond donors (Lipinski definition) is 1. The SMILES string of the molecule is CC(c1ccc(-c2ccccc2)c(F)c1)c1cc(N2CCN=C2N)on1. The number of hydrogen-bond acceptors (Lipinski definition) is 5. The molecule has 2 N–H and O–H groups in total. The third kappa shape index (κ3) is 2.94. The Morgan fingerprint density at radius 1 is 1.15 bits per heavy atom. The van der Waals surface area contributed by atoms with Gasteiger partial charge in [-0.05, 0) is 17.2 Å². The molecule has 0 fully saturated rings. The first-order valence-electron chi connectivity index (χ1n) is 8.52. The average Bonchev–Trinajstić information content (AvgIpc) is 3.30. The molecule has 1 aromatic heterocycles. The predicted octanol–water partition coefficient (Wildman–Crippen LogP) is 3.77. The van der Waals surface area contributed by atoms with Crippen molar-refractivity contribution in [1.29, 1.82) is 0 Å². The maximum absolute atomic E-state index is 14.6. The van der Waals surface area contributed by atoms with Crippen LogP contribution in [-0.4, -0.2) is 24.2 Å². The number of benzene rings is 2. The lowest BCUT2D eigenvalue weighted by molar-refractivity contribution is 0.415. The molecule has 2 aromatic carbocycles. The second-order valence-electron chi connectivity index (χ2n) is 6.31. The summed E-state index contributed by atoms with van der Waals surface area (Å²) in [7, 11) is 0. The van der Waals surface area contributed by atoms with E-state index in [0.29, 0.717) is 30.5 Å². The largest absolute Gasteiger partial charge is 0.369 e. The normalized spacial score (nSPS) is 15.2. The molecule has 4 rings (SSSR count). The number of aromatic nitrogens is 1. The molecule has 2 heterocycles. The third-order valence-corrected chi connectivity index (χ3v) is 4.68. The third-order valence-electron chi connectivity index (χ3n) is 4.68. The van der Waals surface area contributed by atoms with Gasteiger partial charge in [-0.25, -0.2) is 4.39 Å². The molecule has 3 aromatic rings. The molecule has 0 amide bonds. The van der Waals surface area contributed by atoms with Crippen LogP contribution in [-0.2, 0) is 0 Å². The van der Waals surface area contributed by atoms with E-state index in [1.165, 1.54) is 0 Å². The highest BCUT2D eigenvalue weighted by Gasteiger charge is 2.22. The number of aliphatic imine (C=N–C) groups is 1. The second-order valence-corrected chi connectivity index (χ2v) is 6.31. The molecule has 0 saturated heterocycles.